The Morgan fingerprint density at radius 3 is 2.83 bits per heavy atom. The molecule has 0 saturated carbocycles. The number of halogens is 1. The number of amides is 2. The molecule has 0 aliphatic carbocycles. The predicted octanol–water partition coefficient (Wildman–Crippen LogP) is 2.06. The van der Waals surface area contributed by atoms with E-state index >= 15 is 0 Å². The van der Waals surface area contributed by atoms with Gasteiger partial charge in [0, 0.05) is 18.7 Å². The third kappa shape index (κ3) is 3.90. The van der Waals surface area contributed by atoms with E-state index in [1.54, 1.807) is 0 Å². The molecular weight excluding hydrogens is 311 g/mol. The maximum atomic E-state index is 13.0. The zero-order valence-electron chi connectivity index (χ0n) is 13.0. The summed E-state index contributed by atoms with van der Waals surface area (Å²) >= 11 is 0. The lowest BCUT2D eigenvalue weighted by Gasteiger charge is -2.07. The first kappa shape index (κ1) is 16.0. The molecule has 0 atom stereocenters. The minimum Gasteiger partial charge on any atom is -0.493 e. The third-order valence-corrected chi connectivity index (χ3v) is 3.74. The van der Waals surface area contributed by atoms with E-state index in [1.165, 1.54) is 23.8 Å². The molecule has 24 heavy (non-hydrogen) atoms. The van der Waals surface area contributed by atoms with Gasteiger partial charge in [-0.05, 0) is 41.8 Å². The SMILES string of the molecule is O=C(NCCc1ccc2c(c1)CCO2)C(=O)Nc1cccc(F)c1. The highest BCUT2D eigenvalue weighted by molar-refractivity contribution is 6.39. The van der Waals surface area contributed by atoms with Crippen LogP contribution in [0.3, 0.4) is 0 Å². The second-order valence-corrected chi connectivity index (χ2v) is 5.51. The third-order valence-electron chi connectivity index (χ3n) is 3.74. The van der Waals surface area contributed by atoms with Crippen LogP contribution in [0.1, 0.15) is 11.1 Å². The first-order valence-electron chi connectivity index (χ1n) is 7.71. The Kier molecular flexibility index (Phi) is 4.74. The first-order valence-corrected chi connectivity index (χ1v) is 7.71. The molecule has 2 N–H and O–H groups in total. The van der Waals surface area contributed by atoms with Gasteiger partial charge >= 0.3 is 11.8 Å². The second kappa shape index (κ2) is 7.12. The Morgan fingerprint density at radius 2 is 2.00 bits per heavy atom. The number of benzene rings is 2. The average molecular weight is 328 g/mol. The van der Waals surface area contributed by atoms with Gasteiger partial charge in [-0.1, -0.05) is 18.2 Å². The number of anilines is 1. The molecule has 1 aliphatic heterocycles. The molecule has 2 aromatic rings. The molecule has 3 rings (SSSR count). The minimum atomic E-state index is -0.817. The summed E-state index contributed by atoms with van der Waals surface area (Å²) in [5, 5.41) is 4.92. The highest BCUT2D eigenvalue weighted by atomic mass is 19.1. The van der Waals surface area contributed by atoms with Crippen molar-refractivity contribution in [2.24, 2.45) is 0 Å². The quantitative estimate of drug-likeness (QED) is 0.844. The van der Waals surface area contributed by atoms with Crippen molar-refractivity contribution in [2.75, 3.05) is 18.5 Å². The summed E-state index contributed by atoms with van der Waals surface area (Å²) in [6, 6.07) is 11.3. The molecule has 0 unspecified atom stereocenters. The Labute approximate surface area is 138 Å². The molecule has 2 amide bonds. The Bertz CT molecular complexity index is 777. The lowest BCUT2D eigenvalue weighted by Crippen LogP contribution is -2.36. The van der Waals surface area contributed by atoms with Gasteiger partial charge in [-0.15, -0.1) is 0 Å². The molecule has 1 heterocycles. The van der Waals surface area contributed by atoms with E-state index in [0.717, 1.165) is 23.8 Å². The van der Waals surface area contributed by atoms with Crippen LogP contribution < -0.4 is 15.4 Å². The lowest BCUT2D eigenvalue weighted by atomic mass is 10.1. The van der Waals surface area contributed by atoms with Gasteiger partial charge < -0.3 is 15.4 Å². The summed E-state index contributed by atoms with van der Waals surface area (Å²) in [6.45, 7) is 1.05. The molecule has 6 heteroatoms. The lowest BCUT2D eigenvalue weighted by molar-refractivity contribution is -0.136. The number of ether oxygens (including phenoxy) is 1. The van der Waals surface area contributed by atoms with Crippen molar-refractivity contribution in [1.29, 1.82) is 0 Å². The van der Waals surface area contributed by atoms with Gasteiger partial charge in [0.1, 0.15) is 11.6 Å². The van der Waals surface area contributed by atoms with Crippen molar-refractivity contribution < 1.29 is 18.7 Å². The van der Waals surface area contributed by atoms with Crippen LogP contribution >= 0.6 is 0 Å². The predicted molar refractivity (Wildman–Crippen MR) is 87.4 cm³/mol. The number of carbonyl (C=O) groups excluding carboxylic acids is 2. The monoisotopic (exact) mass is 328 g/mol. The highest BCUT2D eigenvalue weighted by Gasteiger charge is 2.14. The van der Waals surface area contributed by atoms with Crippen LogP contribution in [0.2, 0.25) is 0 Å². The molecule has 0 fully saturated rings. The zero-order chi connectivity index (χ0) is 16.9. The molecule has 0 bridgehead atoms. The van der Waals surface area contributed by atoms with Crippen LogP contribution in [0, 0.1) is 5.82 Å². The van der Waals surface area contributed by atoms with Crippen LogP contribution in [0.15, 0.2) is 42.5 Å². The van der Waals surface area contributed by atoms with E-state index in [1.807, 2.05) is 12.1 Å². The summed E-state index contributed by atoms with van der Waals surface area (Å²) in [4.78, 5) is 23.5. The van der Waals surface area contributed by atoms with Crippen LogP contribution in [-0.2, 0) is 22.4 Å². The van der Waals surface area contributed by atoms with Gasteiger partial charge in [0.15, 0.2) is 0 Å². The van der Waals surface area contributed by atoms with E-state index in [0.29, 0.717) is 19.6 Å². The van der Waals surface area contributed by atoms with Gasteiger partial charge in [-0.2, -0.15) is 0 Å². The van der Waals surface area contributed by atoms with Gasteiger partial charge in [-0.3, -0.25) is 9.59 Å². The van der Waals surface area contributed by atoms with Crippen LogP contribution in [0.25, 0.3) is 0 Å². The van der Waals surface area contributed by atoms with Crippen molar-refractivity contribution in [3.63, 3.8) is 0 Å². The summed E-state index contributed by atoms with van der Waals surface area (Å²) in [7, 11) is 0. The Balaban J connectivity index is 1.47. The van der Waals surface area contributed by atoms with Crippen molar-refractivity contribution in [3.8, 4) is 5.75 Å². The van der Waals surface area contributed by atoms with Crippen molar-refractivity contribution in [2.45, 2.75) is 12.8 Å². The Hall–Kier alpha value is -2.89. The van der Waals surface area contributed by atoms with Crippen LogP contribution in [0.4, 0.5) is 10.1 Å². The molecule has 124 valence electrons. The average Bonchev–Trinajstić information content (AvgIpc) is 3.02. The number of nitrogens with one attached hydrogen (secondary N) is 2. The summed E-state index contributed by atoms with van der Waals surface area (Å²) in [5.41, 5.74) is 2.49. The molecule has 0 spiro atoms. The maximum Gasteiger partial charge on any atom is 0.313 e. The van der Waals surface area contributed by atoms with Gasteiger partial charge in [0.05, 0.1) is 6.61 Å². The largest absolute Gasteiger partial charge is 0.493 e. The number of fused-ring (bicyclic) bond motifs is 1. The fourth-order valence-electron chi connectivity index (χ4n) is 2.55. The highest BCUT2D eigenvalue weighted by Crippen LogP contribution is 2.25. The van der Waals surface area contributed by atoms with Crippen LogP contribution in [-0.4, -0.2) is 25.0 Å². The molecule has 0 radical (unpaired) electrons. The van der Waals surface area contributed by atoms with Crippen molar-refractivity contribution >= 4 is 17.5 Å². The maximum absolute atomic E-state index is 13.0. The molecule has 5 nitrogen and oxygen atoms in total. The molecule has 0 aromatic heterocycles. The first-order chi connectivity index (χ1) is 11.6. The molecule has 0 saturated heterocycles. The topological polar surface area (TPSA) is 67.4 Å². The summed E-state index contributed by atoms with van der Waals surface area (Å²) in [6.07, 6.45) is 1.51. The van der Waals surface area contributed by atoms with E-state index in [4.69, 9.17) is 4.74 Å². The minimum absolute atomic E-state index is 0.244. The van der Waals surface area contributed by atoms with Gasteiger partial charge in [-0.25, -0.2) is 4.39 Å². The van der Waals surface area contributed by atoms with E-state index < -0.39 is 17.6 Å². The fraction of sp³-hybridized carbons (Fsp3) is 0.222. The fourth-order valence-corrected chi connectivity index (χ4v) is 2.55. The summed E-state index contributed by atoms with van der Waals surface area (Å²) < 4.78 is 18.5. The standard InChI is InChI=1S/C18H17FN2O3/c19-14-2-1-3-15(11-14)21-18(23)17(22)20-8-6-12-4-5-16-13(10-12)7-9-24-16/h1-5,10-11H,6-9H2,(H,20,22)(H,21,23). The second-order valence-electron chi connectivity index (χ2n) is 5.51. The van der Waals surface area contributed by atoms with Gasteiger partial charge in [0.2, 0.25) is 0 Å². The molecule has 2 aromatic carbocycles. The van der Waals surface area contributed by atoms with E-state index in [9.17, 15) is 14.0 Å². The van der Waals surface area contributed by atoms with Crippen LogP contribution in [0.5, 0.6) is 5.75 Å². The molecule has 1 aliphatic rings. The smallest absolute Gasteiger partial charge is 0.313 e. The number of hydrogen-bond donors (Lipinski definition) is 2. The van der Waals surface area contributed by atoms with Crippen molar-refractivity contribution in [3.05, 3.63) is 59.4 Å². The zero-order valence-corrected chi connectivity index (χ0v) is 13.0. The normalized spacial score (nSPS) is 12.2. The Morgan fingerprint density at radius 1 is 1.12 bits per heavy atom. The van der Waals surface area contributed by atoms with Gasteiger partial charge in [0.25, 0.3) is 0 Å². The number of rotatable bonds is 4. The number of hydrogen-bond acceptors (Lipinski definition) is 3. The van der Waals surface area contributed by atoms with E-state index in [-0.39, 0.29) is 5.69 Å². The van der Waals surface area contributed by atoms with E-state index in [2.05, 4.69) is 16.7 Å². The molecular formula is C18H17FN2O3. The number of carbonyl (C=O) groups is 2. The summed E-state index contributed by atoms with van der Waals surface area (Å²) in [5.74, 6) is -1.13. The van der Waals surface area contributed by atoms with Crippen molar-refractivity contribution in [1.82, 2.24) is 5.32 Å².